The molecule has 0 saturated carbocycles. The Morgan fingerprint density at radius 2 is 1.82 bits per heavy atom. The monoisotopic (exact) mass is 392 g/mol. The van der Waals surface area contributed by atoms with Gasteiger partial charge >= 0.3 is 0 Å². The standard InChI is InChI=1S/C13H11Br2ClS/c1-7-3-9(6-10(14)4-7)12(16)13-11(15)5-8(2)17-13/h3-6,12H,1-2H3. The van der Waals surface area contributed by atoms with Crippen LogP contribution in [0.15, 0.2) is 33.2 Å². The molecule has 0 aliphatic rings. The highest BCUT2D eigenvalue weighted by molar-refractivity contribution is 9.10. The third kappa shape index (κ3) is 3.14. The van der Waals surface area contributed by atoms with Gasteiger partial charge in [-0.2, -0.15) is 0 Å². The quantitative estimate of drug-likeness (QED) is 0.531. The second-order valence-corrected chi connectivity index (χ2v) is 7.49. The van der Waals surface area contributed by atoms with Crippen molar-refractivity contribution in [1.29, 1.82) is 0 Å². The summed E-state index contributed by atoms with van der Waals surface area (Å²) >= 11 is 15.4. The van der Waals surface area contributed by atoms with Gasteiger partial charge in [0.15, 0.2) is 0 Å². The molecule has 0 bridgehead atoms. The summed E-state index contributed by atoms with van der Waals surface area (Å²) in [5.74, 6) is 0. The molecular formula is C13H11Br2ClS. The van der Waals surface area contributed by atoms with Gasteiger partial charge < -0.3 is 0 Å². The van der Waals surface area contributed by atoms with E-state index in [4.69, 9.17) is 11.6 Å². The van der Waals surface area contributed by atoms with Gasteiger partial charge in [-0.1, -0.05) is 22.0 Å². The van der Waals surface area contributed by atoms with Crippen LogP contribution < -0.4 is 0 Å². The number of alkyl halides is 1. The van der Waals surface area contributed by atoms with Crippen LogP contribution in [0.5, 0.6) is 0 Å². The normalized spacial score (nSPS) is 12.8. The lowest BCUT2D eigenvalue weighted by molar-refractivity contribution is 1.16. The fraction of sp³-hybridized carbons (Fsp3) is 0.231. The van der Waals surface area contributed by atoms with Crippen molar-refractivity contribution >= 4 is 54.8 Å². The number of benzene rings is 1. The predicted molar refractivity (Wildman–Crippen MR) is 83.3 cm³/mol. The molecule has 1 heterocycles. The molecule has 17 heavy (non-hydrogen) atoms. The van der Waals surface area contributed by atoms with Gasteiger partial charge in [0.2, 0.25) is 0 Å². The third-order valence-corrected chi connectivity index (χ3v) is 5.51. The Morgan fingerprint density at radius 3 is 2.35 bits per heavy atom. The molecule has 4 heteroatoms. The molecule has 2 aromatic rings. The molecule has 90 valence electrons. The highest BCUT2D eigenvalue weighted by Crippen LogP contribution is 2.40. The second kappa shape index (κ2) is 5.43. The van der Waals surface area contributed by atoms with Crippen molar-refractivity contribution in [1.82, 2.24) is 0 Å². The van der Waals surface area contributed by atoms with E-state index in [2.05, 4.69) is 70.0 Å². The first-order chi connectivity index (χ1) is 7.97. The Labute approximate surface area is 127 Å². The molecule has 0 saturated heterocycles. The van der Waals surface area contributed by atoms with Gasteiger partial charge in [-0.15, -0.1) is 22.9 Å². The topological polar surface area (TPSA) is 0 Å². The lowest BCUT2D eigenvalue weighted by Gasteiger charge is -2.10. The number of halogens is 3. The number of hydrogen-bond acceptors (Lipinski definition) is 1. The minimum Gasteiger partial charge on any atom is -0.143 e. The number of thiophene rings is 1. The van der Waals surface area contributed by atoms with Gasteiger partial charge in [0.25, 0.3) is 0 Å². The molecule has 0 radical (unpaired) electrons. The van der Waals surface area contributed by atoms with Crippen molar-refractivity contribution in [3.8, 4) is 0 Å². The maximum absolute atomic E-state index is 6.55. The largest absolute Gasteiger partial charge is 0.143 e. The molecule has 0 aliphatic carbocycles. The van der Waals surface area contributed by atoms with E-state index in [1.165, 1.54) is 15.3 Å². The van der Waals surface area contributed by atoms with E-state index in [9.17, 15) is 0 Å². The average molecular weight is 395 g/mol. The minimum atomic E-state index is -0.0979. The average Bonchev–Trinajstić information content (AvgIpc) is 2.55. The molecule has 1 aromatic carbocycles. The van der Waals surface area contributed by atoms with Crippen molar-refractivity contribution in [2.24, 2.45) is 0 Å². The van der Waals surface area contributed by atoms with E-state index >= 15 is 0 Å². The molecule has 1 aromatic heterocycles. The summed E-state index contributed by atoms with van der Waals surface area (Å²) in [5.41, 5.74) is 2.34. The van der Waals surface area contributed by atoms with Crippen molar-refractivity contribution in [2.45, 2.75) is 19.2 Å². The molecule has 0 fully saturated rings. The maximum atomic E-state index is 6.55. The first-order valence-electron chi connectivity index (χ1n) is 5.14. The summed E-state index contributed by atoms with van der Waals surface area (Å²) in [6, 6.07) is 8.40. The zero-order valence-corrected chi connectivity index (χ0v) is 14.2. The Hall–Kier alpha value is 0.170. The minimum absolute atomic E-state index is 0.0979. The van der Waals surface area contributed by atoms with Gasteiger partial charge in [-0.3, -0.25) is 0 Å². The lowest BCUT2D eigenvalue weighted by atomic mass is 10.1. The summed E-state index contributed by atoms with van der Waals surface area (Å²) in [5, 5.41) is -0.0979. The molecule has 1 atom stereocenters. The Bertz CT molecular complexity index is 528. The van der Waals surface area contributed by atoms with Crippen LogP contribution in [0.4, 0.5) is 0 Å². The third-order valence-electron chi connectivity index (χ3n) is 2.42. The van der Waals surface area contributed by atoms with Crippen molar-refractivity contribution in [3.05, 3.63) is 54.1 Å². The predicted octanol–water partition coefficient (Wildman–Crippen LogP) is 6.22. The maximum Gasteiger partial charge on any atom is 0.0939 e. The molecule has 0 spiro atoms. The fourth-order valence-corrected chi connectivity index (χ4v) is 4.76. The van der Waals surface area contributed by atoms with E-state index in [1.54, 1.807) is 11.3 Å². The first kappa shape index (κ1) is 13.6. The molecule has 0 amide bonds. The van der Waals surface area contributed by atoms with Crippen LogP contribution in [0.3, 0.4) is 0 Å². The van der Waals surface area contributed by atoms with Gasteiger partial charge in [0.1, 0.15) is 0 Å². The van der Waals surface area contributed by atoms with Crippen LogP contribution >= 0.6 is 54.8 Å². The smallest absolute Gasteiger partial charge is 0.0939 e. The number of hydrogen-bond donors (Lipinski definition) is 0. The van der Waals surface area contributed by atoms with Gasteiger partial charge in [0, 0.05) is 18.7 Å². The summed E-state index contributed by atoms with van der Waals surface area (Å²) in [6.45, 7) is 4.17. The number of aryl methyl sites for hydroxylation is 2. The Kier molecular flexibility index (Phi) is 4.35. The van der Waals surface area contributed by atoms with Crippen molar-refractivity contribution < 1.29 is 0 Å². The van der Waals surface area contributed by atoms with Crippen LogP contribution in [0, 0.1) is 13.8 Å². The molecule has 0 aliphatic heterocycles. The number of rotatable bonds is 2. The van der Waals surface area contributed by atoms with Crippen LogP contribution in [-0.4, -0.2) is 0 Å². The molecule has 0 nitrogen and oxygen atoms in total. The molecular weight excluding hydrogens is 383 g/mol. The van der Waals surface area contributed by atoms with Gasteiger partial charge in [-0.25, -0.2) is 0 Å². The van der Waals surface area contributed by atoms with Gasteiger partial charge in [0.05, 0.1) is 5.38 Å². The van der Waals surface area contributed by atoms with Crippen molar-refractivity contribution in [3.63, 3.8) is 0 Å². The van der Waals surface area contributed by atoms with Crippen LogP contribution in [-0.2, 0) is 0 Å². The van der Waals surface area contributed by atoms with Crippen LogP contribution in [0.1, 0.15) is 26.3 Å². The molecule has 0 N–H and O–H groups in total. The lowest BCUT2D eigenvalue weighted by Crippen LogP contribution is -1.92. The van der Waals surface area contributed by atoms with Crippen LogP contribution in [0.2, 0.25) is 0 Å². The van der Waals surface area contributed by atoms with E-state index in [1.807, 2.05) is 0 Å². The summed E-state index contributed by atoms with van der Waals surface area (Å²) in [4.78, 5) is 2.44. The van der Waals surface area contributed by atoms with E-state index in [-0.39, 0.29) is 5.38 Å². The van der Waals surface area contributed by atoms with Crippen LogP contribution in [0.25, 0.3) is 0 Å². The summed E-state index contributed by atoms with van der Waals surface area (Å²) in [7, 11) is 0. The summed E-state index contributed by atoms with van der Waals surface area (Å²) < 4.78 is 2.17. The highest BCUT2D eigenvalue weighted by atomic mass is 79.9. The highest BCUT2D eigenvalue weighted by Gasteiger charge is 2.17. The van der Waals surface area contributed by atoms with E-state index in [0.717, 1.165) is 14.5 Å². The second-order valence-electron chi connectivity index (χ2n) is 3.99. The molecule has 1 unspecified atom stereocenters. The molecule has 2 rings (SSSR count). The van der Waals surface area contributed by atoms with E-state index in [0.29, 0.717) is 0 Å². The van der Waals surface area contributed by atoms with Crippen molar-refractivity contribution in [2.75, 3.05) is 0 Å². The van der Waals surface area contributed by atoms with E-state index < -0.39 is 0 Å². The Balaban J connectivity index is 2.43. The summed E-state index contributed by atoms with van der Waals surface area (Å²) in [6.07, 6.45) is 0. The zero-order chi connectivity index (χ0) is 12.6. The fourth-order valence-electron chi connectivity index (χ4n) is 1.74. The zero-order valence-electron chi connectivity index (χ0n) is 9.43. The van der Waals surface area contributed by atoms with Gasteiger partial charge in [-0.05, 0) is 59.1 Å². The SMILES string of the molecule is Cc1cc(Br)cc(C(Cl)c2sc(C)cc2Br)c1. The Morgan fingerprint density at radius 1 is 1.12 bits per heavy atom. The first-order valence-corrected chi connectivity index (χ1v) is 7.98.